The molecule has 0 aromatic heterocycles. The van der Waals surface area contributed by atoms with Crippen LogP contribution in [-0.2, 0) is 14.3 Å². The summed E-state index contributed by atoms with van der Waals surface area (Å²) in [5.41, 5.74) is -0.628. The van der Waals surface area contributed by atoms with Crippen molar-refractivity contribution in [2.45, 2.75) is 25.6 Å². The lowest BCUT2D eigenvalue weighted by molar-refractivity contribution is -0.175. The highest BCUT2D eigenvalue weighted by molar-refractivity contribution is 6.31. The molecule has 1 heterocycles. The minimum atomic E-state index is -1.48. The highest BCUT2D eigenvalue weighted by Gasteiger charge is 2.37. The number of rotatable bonds is 1. The maximum atomic E-state index is 11.2. The molecule has 0 saturated carbocycles. The van der Waals surface area contributed by atoms with E-state index in [9.17, 15) is 9.59 Å². The van der Waals surface area contributed by atoms with Crippen LogP contribution in [0.5, 0.6) is 0 Å². The molecular formula is C9H15NO5. The zero-order valence-corrected chi connectivity index (χ0v) is 8.77. The molecule has 0 bridgehead atoms. The molecule has 0 radical (unpaired) electrons. The normalized spacial score (nSPS) is 25.0. The first-order valence-electron chi connectivity index (χ1n) is 4.66. The topological polar surface area (TPSA) is 87.1 Å². The molecule has 1 saturated heterocycles. The fourth-order valence-electron chi connectivity index (χ4n) is 1.68. The van der Waals surface area contributed by atoms with Crippen molar-refractivity contribution in [3.05, 3.63) is 0 Å². The summed E-state index contributed by atoms with van der Waals surface area (Å²) in [4.78, 5) is 22.9. The van der Waals surface area contributed by atoms with Gasteiger partial charge in [0.1, 0.15) is 0 Å². The number of carboxylic acids is 1. The number of carbonyl (C=O) groups is 2. The van der Waals surface area contributed by atoms with Crippen LogP contribution in [0.15, 0.2) is 0 Å². The van der Waals surface area contributed by atoms with Crippen LogP contribution in [0.3, 0.4) is 0 Å². The largest absolute Gasteiger partial charge is 0.474 e. The lowest BCUT2D eigenvalue weighted by Gasteiger charge is -2.41. The summed E-state index contributed by atoms with van der Waals surface area (Å²) < 4.78 is 5.45. The summed E-state index contributed by atoms with van der Waals surface area (Å²) >= 11 is 0. The van der Waals surface area contributed by atoms with Crippen LogP contribution < -0.4 is 0 Å². The summed E-state index contributed by atoms with van der Waals surface area (Å²) in [6.07, 6.45) is -0.517. The van der Waals surface area contributed by atoms with Gasteiger partial charge in [0.15, 0.2) is 0 Å². The quantitative estimate of drug-likeness (QED) is 0.554. The van der Waals surface area contributed by atoms with E-state index in [0.29, 0.717) is 0 Å². The highest BCUT2D eigenvalue weighted by atomic mass is 16.5. The third-order valence-corrected chi connectivity index (χ3v) is 2.16. The number of carbonyl (C=O) groups excluding carboxylic acids is 1. The number of amides is 1. The Morgan fingerprint density at radius 3 is 2.60 bits per heavy atom. The van der Waals surface area contributed by atoms with Crippen LogP contribution in [-0.4, -0.2) is 58.4 Å². The second-order valence-corrected chi connectivity index (χ2v) is 4.17. The van der Waals surface area contributed by atoms with E-state index in [1.54, 1.807) is 13.8 Å². The molecule has 15 heavy (non-hydrogen) atoms. The predicted molar refractivity (Wildman–Crippen MR) is 50.3 cm³/mol. The third kappa shape index (κ3) is 2.90. The number of hydrogen-bond acceptors (Lipinski definition) is 4. The molecule has 0 spiro atoms. The van der Waals surface area contributed by atoms with Gasteiger partial charge in [0.2, 0.25) is 0 Å². The monoisotopic (exact) mass is 217 g/mol. The van der Waals surface area contributed by atoms with Gasteiger partial charge in [0.05, 0.1) is 18.3 Å². The van der Waals surface area contributed by atoms with E-state index in [-0.39, 0.29) is 19.7 Å². The molecule has 86 valence electrons. The van der Waals surface area contributed by atoms with Gasteiger partial charge in [-0.25, -0.2) is 4.79 Å². The molecule has 1 amide bonds. The first-order chi connectivity index (χ1) is 6.85. The number of aliphatic carboxylic acids is 1. The Kier molecular flexibility index (Phi) is 3.31. The molecule has 1 aliphatic heterocycles. The first-order valence-corrected chi connectivity index (χ1v) is 4.66. The zero-order chi connectivity index (χ0) is 11.6. The Bertz CT molecular complexity index is 276. The first kappa shape index (κ1) is 11.9. The Morgan fingerprint density at radius 1 is 1.53 bits per heavy atom. The fourth-order valence-corrected chi connectivity index (χ4v) is 1.68. The molecular weight excluding hydrogens is 202 g/mol. The SMILES string of the molecule is CC1(C)CN(C(=O)C(=O)O)CC(CO)O1. The Hall–Kier alpha value is -1.14. The molecule has 0 aromatic rings. The van der Waals surface area contributed by atoms with E-state index in [1.807, 2.05) is 0 Å². The Balaban J connectivity index is 2.74. The summed E-state index contributed by atoms with van der Waals surface area (Å²) in [6.45, 7) is 3.60. The van der Waals surface area contributed by atoms with Crippen molar-refractivity contribution in [2.24, 2.45) is 0 Å². The van der Waals surface area contributed by atoms with Gasteiger partial charge in [-0.05, 0) is 13.8 Å². The lowest BCUT2D eigenvalue weighted by atomic mass is 10.1. The maximum absolute atomic E-state index is 11.2. The maximum Gasteiger partial charge on any atom is 0.394 e. The van der Waals surface area contributed by atoms with Crippen molar-refractivity contribution in [2.75, 3.05) is 19.7 Å². The molecule has 6 heteroatoms. The van der Waals surface area contributed by atoms with Crippen molar-refractivity contribution < 1.29 is 24.5 Å². The molecule has 1 aliphatic rings. The molecule has 6 nitrogen and oxygen atoms in total. The zero-order valence-electron chi connectivity index (χ0n) is 8.77. The van der Waals surface area contributed by atoms with E-state index in [1.165, 1.54) is 4.90 Å². The molecule has 0 aromatic carbocycles. The molecule has 2 N–H and O–H groups in total. The summed E-state index contributed by atoms with van der Waals surface area (Å²) in [6, 6.07) is 0. The molecule has 1 rings (SSSR count). The summed E-state index contributed by atoms with van der Waals surface area (Å²) in [7, 11) is 0. The van der Waals surface area contributed by atoms with Gasteiger partial charge in [-0.1, -0.05) is 0 Å². The molecule has 0 aliphatic carbocycles. The molecule has 1 fully saturated rings. The van der Waals surface area contributed by atoms with Gasteiger partial charge < -0.3 is 19.8 Å². The van der Waals surface area contributed by atoms with E-state index in [4.69, 9.17) is 14.9 Å². The van der Waals surface area contributed by atoms with E-state index < -0.39 is 23.6 Å². The van der Waals surface area contributed by atoms with E-state index >= 15 is 0 Å². The predicted octanol–water partition coefficient (Wildman–Crippen LogP) is -0.931. The van der Waals surface area contributed by atoms with Crippen molar-refractivity contribution in [3.63, 3.8) is 0 Å². The number of aliphatic hydroxyl groups excluding tert-OH is 1. The Labute approximate surface area is 87.4 Å². The lowest BCUT2D eigenvalue weighted by Crippen LogP contribution is -2.56. The summed E-state index contributed by atoms with van der Waals surface area (Å²) in [5, 5.41) is 17.5. The third-order valence-electron chi connectivity index (χ3n) is 2.16. The van der Waals surface area contributed by atoms with Gasteiger partial charge in [0, 0.05) is 13.1 Å². The van der Waals surface area contributed by atoms with Crippen LogP contribution in [0.1, 0.15) is 13.8 Å². The van der Waals surface area contributed by atoms with Crippen LogP contribution >= 0.6 is 0 Å². The van der Waals surface area contributed by atoms with Gasteiger partial charge in [0.25, 0.3) is 0 Å². The molecule has 1 unspecified atom stereocenters. The fraction of sp³-hybridized carbons (Fsp3) is 0.778. The second kappa shape index (κ2) is 4.16. The standard InChI is InChI=1S/C9H15NO5/c1-9(2)5-10(7(12)8(13)14)3-6(4-11)15-9/h6,11H,3-5H2,1-2H3,(H,13,14). The second-order valence-electron chi connectivity index (χ2n) is 4.17. The minimum Gasteiger partial charge on any atom is -0.474 e. The van der Waals surface area contributed by atoms with Gasteiger partial charge in [-0.2, -0.15) is 0 Å². The smallest absolute Gasteiger partial charge is 0.394 e. The van der Waals surface area contributed by atoms with Crippen molar-refractivity contribution in [1.29, 1.82) is 0 Å². The highest BCUT2D eigenvalue weighted by Crippen LogP contribution is 2.20. The van der Waals surface area contributed by atoms with Crippen LogP contribution in [0.25, 0.3) is 0 Å². The van der Waals surface area contributed by atoms with Gasteiger partial charge >= 0.3 is 11.9 Å². The van der Waals surface area contributed by atoms with Crippen molar-refractivity contribution >= 4 is 11.9 Å². The van der Waals surface area contributed by atoms with Gasteiger partial charge in [-0.3, -0.25) is 4.79 Å². The Morgan fingerprint density at radius 2 is 2.13 bits per heavy atom. The molecule has 1 atom stereocenters. The number of carboxylic acid groups (broad SMARTS) is 1. The minimum absolute atomic E-state index is 0.116. The van der Waals surface area contributed by atoms with Crippen LogP contribution in [0, 0.1) is 0 Å². The van der Waals surface area contributed by atoms with Crippen molar-refractivity contribution in [3.8, 4) is 0 Å². The number of aliphatic hydroxyl groups is 1. The number of ether oxygens (including phenoxy) is 1. The van der Waals surface area contributed by atoms with E-state index in [2.05, 4.69) is 0 Å². The number of hydrogen-bond donors (Lipinski definition) is 2. The van der Waals surface area contributed by atoms with Crippen LogP contribution in [0.2, 0.25) is 0 Å². The van der Waals surface area contributed by atoms with Gasteiger partial charge in [-0.15, -0.1) is 0 Å². The average molecular weight is 217 g/mol. The number of morpholine rings is 1. The average Bonchev–Trinajstić information content (AvgIpc) is 2.13. The number of nitrogens with zero attached hydrogens (tertiary/aromatic N) is 1. The summed E-state index contributed by atoms with van der Waals surface area (Å²) in [5.74, 6) is -2.44. The van der Waals surface area contributed by atoms with Crippen molar-refractivity contribution in [1.82, 2.24) is 4.90 Å². The van der Waals surface area contributed by atoms with E-state index in [0.717, 1.165) is 0 Å². The van der Waals surface area contributed by atoms with Crippen LogP contribution in [0.4, 0.5) is 0 Å².